The van der Waals surface area contributed by atoms with Crippen molar-refractivity contribution in [2.24, 2.45) is 0 Å². The molecule has 2 fully saturated rings. The lowest BCUT2D eigenvalue weighted by Gasteiger charge is -2.36. The van der Waals surface area contributed by atoms with E-state index < -0.39 is 5.41 Å². The predicted molar refractivity (Wildman–Crippen MR) is 131 cm³/mol. The van der Waals surface area contributed by atoms with Crippen molar-refractivity contribution in [3.8, 4) is 5.75 Å². The quantitative estimate of drug-likeness (QED) is 0.477. The maximum Gasteiger partial charge on any atom is 0.235 e. The van der Waals surface area contributed by atoms with E-state index in [0.29, 0.717) is 31.1 Å². The molecule has 4 nitrogen and oxygen atoms in total. The number of nitrogens with one attached hydrogen (secondary N) is 1. The summed E-state index contributed by atoms with van der Waals surface area (Å²) in [7, 11) is 0. The van der Waals surface area contributed by atoms with Gasteiger partial charge in [0, 0.05) is 23.8 Å². The number of hydrogen-bond acceptors (Lipinski definition) is 3. The molecule has 2 aromatic rings. The minimum Gasteiger partial charge on any atom is -0.494 e. The summed E-state index contributed by atoms with van der Waals surface area (Å²) >= 11 is 0. The van der Waals surface area contributed by atoms with Gasteiger partial charge in [-0.15, -0.1) is 0 Å². The van der Waals surface area contributed by atoms with Crippen LogP contribution in [0.5, 0.6) is 5.75 Å². The van der Waals surface area contributed by atoms with Crippen molar-refractivity contribution in [2.45, 2.75) is 76.2 Å². The molecule has 0 bridgehead atoms. The Hall–Kier alpha value is -2.40. The van der Waals surface area contributed by atoms with Gasteiger partial charge in [0.05, 0.1) is 12.0 Å². The molecule has 1 aliphatic heterocycles. The van der Waals surface area contributed by atoms with Crippen LogP contribution in [0.25, 0.3) is 0 Å². The van der Waals surface area contributed by atoms with Crippen molar-refractivity contribution in [3.05, 3.63) is 59.9 Å². The first kappa shape index (κ1) is 23.7. The molecule has 2 aromatic carbocycles. The molecule has 1 saturated heterocycles. The molecule has 1 atom stereocenters. The Balaban J connectivity index is 1.33. The Morgan fingerprint density at radius 3 is 2.55 bits per heavy atom. The second-order valence-corrected chi connectivity index (χ2v) is 9.68. The highest BCUT2D eigenvalue weighted by molar-refractivity contribution is 5.99. The molecule has 1 saturated carbocycles. The standard InChI is InChI=1S/C28H37FN2O2/c1-22-10-5-8-19-31(22)20-9-21-33-24-15-13-23(14-16-24)30-27(32)28(17-6-2-7-18-28)25-11-3-4-12-26(25)29/h3-4,11-16,22H,2,5-10,17-21H2,1H3,(H,30,32). The van der Waals surface area contributed by atoms with Gasteiger partial charge in [0.1, 0.15) is 11.6 Å². The number of anilines is 1. The van der Waals surface area contributed by atoms with Crippen LogP contribution in [0.1, 0.15) is 70.3 Å². The lowest BCUT2D eigenvalue weighted by molar-refractivity contribution is -0.122. The Labute approximate surface area is 197 Å². The van der Waals surface area contributed by atoms with E-state index >= 15 is 0 Å². The van der Waals surface area contributed by atoms with Gasteiger partial charge < -0.3 is 15.0 Å². The Kier molecular flexibility index (Phi) is 8.02. The highest BCUT2D eigenvalue weighted by Gasteiger charge is 2.42. The van der Waals surface area contributed by atoms with Crippen LogP contribution < -0.4 is 10.1 Å². The number of likely N-dealkylation sites (tertiary alicyclic amines) is 1. The van der Waals surface area contributed by atoms with E-state index in [-0.39, 0.29) is 11.7 Å². The zero-order valence-corrected chi connectivity index (χ0v) is 19.8. The summed E-state index contributed by atoms with van der Waals surface area (Å²) in [4.78, 5) is 16.0. The van der Waals surface area contributed by atoms with Gasteiger partial charge in [0.2, 0.25) is 5.91 Å². The van der Waals surface area contributed by atoms with Gasteiger partial charge in [-0.3, -0.25) is 4.79 Å². The molecule has 0 spiro atoms. The number of carbonyl (C=O) groups excluding carboxylic acids is 1. The zero-order valence-electron chi connectivity index (χ0n) is 19.8. The zero-order chi connectivity index (χ0) is 23.1. The van der Waals surface area contributed by atoms with Crippen LogP contribution >= 0.6 is 0 Å². The normalized spacial score (nSPS) is 20.8. The largest absolute Gasteiger partial charge is 0.494 e. The molecular weight excluding hydrogens is 415 g/mol. The number of piperidine rings is 1. The number of rotatable bonds is 8. The van der Waals surface area contributed by atoms with E-state index in [1.807, 2.05) is 30.3 Å². The van der Waals surface area contributed by atoms with Gasteiger partial charge in [-0.05, 0) is 75.9 Å². The number of hydrogen-bond donors (Lipinski definition) is 1. The number of carbonyl (C=O) groups is 1. The van der Waals surface area contributed by atoms with Crippen LogP contribution in [-0.2, 0) is 10.2 Å². The van der Waals surface area contributed by atoms with E-state index in [1.54, 1.807) is 12.1 Å². The summed E-state index contributed by atoms with van der Waals surface area (Å²) in [6.45, 7) is 5.28. The van der Waals surface area contributed by atoms with E-state index in [2.05, 4.69) is 17.1 Å². The number of halogens is 1. The third-order valence-corrected chi connectivity index (χ3v) is 7.44. The summed E-state index contributed by atoms with van der Waals surface area (Å²) < 4.78 is 20.6. The van der Waals surface area contributed by atoms with E-state index in [0.717, 1.165) is 43.7 Å². The molecule has 1 amide bonds. The van der Waals surface area contributed by atoms with E-state index in [4.69, 9.17) is 4.74 Å². The monoisotopic (exact) mass is 452 g/mol. The average molecular weight is 453 g/mol. The van der Waals surface area contributed by atoms with Gasteiger partial charge in [-0.1, -0.05) is 43.9 Å². The molecule has 33 heavy (non-hydrogen) atoms. The van der Waals surface area contributed by atoms with Crippen LogP contribution in [0.15, 0.2) is 48.5 Å². The second kappa shape index (κ2) is 11.1. The number of amides is 1. The van der Waals surface area contributed by atoms with Gasteiger partial charge in [0.15, 0.2) is 0 Å². The summed E-state index contributed by atoms with van der Waals surface area (Å²) in [5.74, 6) is 0.398. The molecule has 1 N–H and O–H groups in total. The molecule has 0 aromatic heterocycles. The van der Waals surface area contributed by atoms with Crippen LogP contribution in [0, 0.1) is 5.82 Å². The number of nitrogens with zero attached hydrogens (tertiary/aromatic N) is 1. The number of benzene rings is 2. The first-order chi connectivity index (χ1) is 16.1. The third-order valence-electron chi connectivity index (χ3n) is 7.44. The summed E-state index contributed by atoms with van der Waals surface area (Å²) in [5.41, 5.74) is 0.436. The Morgan fingerprint density at radius 1 is 1.06 bits per heavy atom. The molecule has 0 radical (unpaired) electrons. The highest BCUT2D eigenvalue weighted by atomic mass is 19.1. The van der Waals surface area contributed by atoms with Crippen molar-refractivity contribution in [2.75, 3.05) is 25.0 Å². The highest BCUT2D eigenvalue weighted by Crippen LogP contribution is 2.41. The Bertz CT molecular complexity index is 908. The fourth-order valence-corrected chi connectivity index (χ4v) is 5.46. The fourth-order valence-electron chi connectivity index (χ4n) is 5.46. The molecule has 1 heterocycles. The van der Waals surface area contributed by atoms with E-state index in [1.165, 1.54) is 31.9 Å². The van der Waals surface area contributed by atoms with Gasteiger partial charge in [0.25, 0.3) is 0 Å². The smallest absolute Gasteiger partial charge is 0.235 e. The lowest BCUT2D eigenvalue weighted by Crippen LogP contribution is -2.42. The van der Waals surface area contributed by atoms with Crippen LogP contribution in [-0.4, -0.2) is 36.5 Å². The molecule has 4 rings (SSSR count). The first-order valence-corrected chi connectivity index (χ1v) is 12.6. The van der Waals surface area contributed by atoms with Crippen LogP contribution in [0.2, 0.25) is 0 Å². The van der Waals surface area contributed by atoms with Crippen molar-refractivity contribution < 1.29 is 13.9 Å². The van der Waals surface area contributed by atoms with Crippen LogP contribution in [0.3, 0.4) is 0 Å². The summed E-state index contributed by atoms with van der Waals surface area (Å²) in [6, 6.07) is 14.9. The summed E-state index contributed by atoms with van der Waals surface area (Å²) in [6.07, 6.45) is 9.27. The molecule has 5 heteroatoms. The SMILES string of the molecule is CC1CCCCN1CCCOc1ccc(NC(=O)C2(c3ccccc3F)CCCCC2)cc1. The maximum atomic E-state index is 14.7. The van der Waals surface area contributed by atoms with Gasteiger partial charge in [-0.25, -0.2) is 4.39 Å². The minimum atomic E-state index is -0.801. The van der Waals surface area contributed by atoms with Crippen LogP contribution in [0.4, 0.5) is 10.1 Å². The second-order valence-electron chi connectivity index (χ2n) is 9.68. The summed E-state index contributed by atoms with van der Waals surface area (Å²) in [5, 5.41) is 3.05. The molecule has 1 unspecified atom stereocenters. The molecular formula is C28H37FN2O2. The van der Waals surface area contributed by atoms with Crippen molar-refractivity contribution >= 4 is 11.6 Å². The first-order valence-electron chi connectivity index (χ1n) is 12.6. The van der Waals surface area contributed by atoms with E-state index in [9.17, 15) is 9.18 Å². The topological polar surface area (TPSA) is 41.6 Å². The predicted octanol–water partition coefficient (Wildman–Crippen LogP) is 6.31. The van der Waals surface area contributed by atoms with Crippen molar-refractivity contribution in [3.63, 3.8) is 0 Å². The minimum absolute atomic E-state index is 0.114. The van der Waals surface area contributed by atoms with Gasteiger partial charge >= 0.3 is 0 Å². The van der Waals surface area contributed by atoms with Gasteiger partial charge in [-0.2, -0.15) is 0 Å². The van der Waals surface area contributed by atoms with Crippen molar-refractivity contribution in [1.82, 2.24) is 4.90 Å². The maximum absolute atomic E-state index is 14.7. The lowest BCUT2D eigenvalue weighted by atomic mass is 9.68. The third kappa shape index (κ3) is 5.75. The Morgan fingerprint density at radius 2 is 1.82 bits per heavy atom. The molecule has 178 valence electrons. The molecule has 2 aliphatic rings. The van der Waals surface area contributed by atoms with Crippen molar-refractivity contribution in [1.29, 1.82) is 0 Å². The average Bonchev–Trinajstić information content (AvgIpc) is 2.84. The fraction of sp³-hybridized carbons (Fsp3) is 0.536. The molecule has 1 aliphatic carbocycles. The number of ether oxygens (including phenoxy) is 1.